The van der Waals surface area contributed by atoms with Crippen LogP contribution in [-0.2, 0) is 11.2 Å². The van der Waals surface area contributed by atoms with Crippen molar-refractivity contribution in [3.8, 4) is 17.2 Å². The first-order valence-corrected chi connectivity index (χ1v) is 8.13. The average molecular weight is 407 g/mol. The highest BCUT2D eigenvalue weighted by Gasteiger charge is 2.52. The molecule has 0 amide bonds. The molecule has 4 nitrogen and oxygen atoms in total. The molecule has 1 heterocycles. The summed E-state index contributed by atoms with van der Waals surface area (Å²) >= 11 is 12.1. The lowest BCUT2D eigenvalue weighted by atomic mass is 9.90. The molecule has 1 aliphatic rings. The topological polar surface area (TPSA) is 55.8 Å². The number of halogens is 5. The number of alkyl halides is 3. The Morgan fingerprint density at radius 2 is 1.85 bits per heavy atom. The Hall–Kier alpha value is -2.12. The highest BCUT2D eigenvalue weighted by molar-refractivity contribution is 6.33. The van der Waals surface area contributed by atoms with Crippen LogP contribution in [0.2, 0.25) is 10.0 Å². The zero-order chi connectivity index (χ0) is 19.1. The van der Waals surface area contributed by atoms with E-state index >= 15 is 0 Å². The molecule has 0 radical (unpaired) electrons. The fourth-order valence-corrected chi connectivity index (χ4v) is 3.04. The Kier molecular flexibility index (Phi) is 4.94. The Bertz CT molecular complexity index is 854. The van der Waals surface area contributed by atoms with Crippen LogP contribution in [0.5, 0.6) is 17.2 Å². The van der Waals surface area contributed by atoms with Gasteiger partial charge in [-0.2, -0.15) is 13.2 Å². The summed E-state index contributed by atoms with van der Waals surface area (Å²) in [6.07, 6.45) is -7.65. The molecule has 26 heavy (non-hydrogen) atoms. The second kappa shape index (κ2) is 6.89. The van der Waals surface area contributed by atoms with Crippen LogP contribution in [0.25, 0.3) is 0 Å². The molecular formula is C17H11Cl2F3O4. The maximum atomic E-state index is 13.2. The fourth-order valence-electron chi connectivity index (χ4n) is 2.64. The van der Waals surface area contributed by atoms with Crippen LogP contribution in [0.1, 0.15) is 5.56 Å². The summed E-state index contributed by atoms with van der Waals surface area (Å²) in [7, 11) is 0. The molecule has 1 aliphatic heterocycles. The van der Waals surface area contributed by atoms with E-state index in [1.54, 1.807) is 24.3 Å². The second-order valence-electron chi connectivity index (χ2n) is 5.65. The summed E-state index contributed by atoms with van der Waals surface area (Å²) in [5, 5.41) is 9.49. The molecule has 3 rings (SSSR count). The van der Waals surface area contributed by atoms with E-state index in [2.05, 4.69) is 0 Å². The van der Waals surface area contributed by atoms with E-state index in [4.69, 9.17) is 37.8 Å². The normalized spacial score (nSPS) is 19.4. The van der Waals surface area contributed by atoms with Crippen molar-refractivity contribution in [2.45, 2.75) is 18.7 Å². The number of hydrogen-bond donors (Lipinski definition) is 1. The summed E-state index contributed by atoms with van der Waals surface area (Å²) in [6.45, 7) is 0. The molecule has 0 unspecified atom stereocenters. The van der Waals surface area contributed by atoms with Crippen molar-refractivity contribution in [1.82, 2.24) is 0 Å². The lowest BCUT2D eigenvalue weighted by molar-refractivity contribution is -0.217. The average Bonchev–Trinajstić information content (AvgIpc) is 2.55. The number of rotatable bonds is 3. The number of carbonyl (C=O) groups is 1. The van der Waals surface area contributed by atoms with Gasteiger partial charge in [-0.3, -0.25) is 4.79 Å². The molecule has 0 fully saturated rings. The lowest BCUT2D eigenvalue weighted by Crippen LogP contribution is -2.47. The molecule has 2 aromatic carbocycles. The van der Waals surface area contributed by atoms with Gasteiger partial charge in [-0.05, 0) is 30.2 Å². The van der Waals surface area contributed by atoms with Crippen LogP contribution in [0.15, 0.2) is 36.4 Å². The predicted octanol–water partition coefficient (Wildman–Crippen LogP) is 5.35. The second-order valence-corrected chi connectivity index (χ2v) is 6.47. The van der Waals surface area contributed by atoms with Crippen molar-refractivity contribution in [1.29, 1.82) is 0 Å². The summed E-state index contributed by atoms with van der Waals surface area (Å²) in [5.41, 5.74) is 0.259. The molecule has 138 valence electrons. The minimum atomic E-state index is -4.83. The van der Waals surface area contributed by atoms with Gasteiger partial charge in [0.1, 0.15) is 23.2 Å². The van der Waals surface area contributed by atoms with Crippen molar-refractivity contribution in [2.75, 3.05) is 0 Å². The highest BCUT2D eigenvalue weighted by atomic mass is 35.5. The first-order valence-electron chi connectivity index (χ1n) is 7.38. The van der Waals surface area contributed by atoms with Crippen LogP contribution in [0.4, 0.5) is 13.2 Å². The van der Waals surface area contributed by atoms with Crippen molar-refractivity contribution in [3.63, 3.8) is 0 Å². The van der Waals surface area contributed by atoms with Crippen molar-refractivity contribution >= 4 is 29.2 Å². The van der Waals surface area contributed by atoms with Crippen molar-refractivity contribution < 1.29 is 32.5 Å². The molecule has 0 saturated carbocycles. The molecule has 2 aromatic rings. The summed E-state index contributed by atoms with van der Waals surface area (Å²) in [6, 6.07) is 9.05. The fraction of sp³-hybridized carbons (Fsp3) is 0.235. The van der Waals surface area contributed by atoms with Gasteiger partial charge in [0.25, 0.3) is 0 Å². The Labute approximate surface area is 156 Å². The quantitative estimate of drug-likeness (QED) is 0.745. The Balaban J connectivity index is 1.97. The van der Waals surface area contributed by atoms with E-state index in [1.165, 1.54) is 12.1 Å². The minimum absolute atomic E-state index is 0.0493. The number of fused-ring (bicyclic) bond motifs is 1. The first-order chi connectivity index (χ1) is 12.2. The monoisotopic (exact) mass is 406 g/mol. The van der Waals surface area contributed by atoms with E-state index < -0.39 is 24.2 Å². The highest BCUT2D eigenvalue weighted by Crippen LogP contribution is 2.43. The molecule has 0 bridgehead atoms. The van der Waals surface area contributed by atoms with Crippen LogP contribution >= 0.6 is 23.2 Å². The van der Waals surface area contributed by atoms with Gasteiger partial charge >= 0.3 is 12.1 Å². The number of carboxylic acid groups (broad SMARTS) is 1. The minimum Gasteiger partial charge on any atom is -0.481 e. The smallest absolute Gasteiger partial charge is 0.426 e. The number of ether oxygens (including phenoxy) is 2. The summed E-state index contributed by atoms with van der Waals surface area (Å²) in [4.78, 5) is 11.2. The van der Waals surface area contributed by atoms with Gasteiger partial charge in [0, 0.05) is 6.07 Å². The van der Waals surface area contributed by atoms with Gasteiger partial charge in [-0.15, -0.1) is 0 Å². The predicted molar refractivity (Wildman–Crippen MR) is 88.3 cm³/mol. The van der Waals surface area contributed by atoms with E-state index in [0.717, 1.165) is 0 Å². The third kappa shape index (κ3) is 3.68. The Morgan fingerprint density at radius 1 is 1.15 bits per heavy atom. The van der Waals surface area contributed by atoms with Gasteiger partial charge in [0.2, 0.25) is 6.10 Å². The third-order valence-corrected chi connectivity index (χ3v) is 4.48. The van der Waals surface area contributed by atoms with Crippen LogP contribution in [0, 0.1) is 5.92 Å². The number of aliphatic carboxylic acids is 1. The number of benzene rings is 2. The third-order valence-electron chi connectivity index (χ3n) is 3.87. The molecule has 0 aliphatic carbocycles. The number of para-hydroxylation sites is 1. The van der Waals surface area contributed by atoms with Gasteiger partial charge in [0.05, 0.1) is 10.0 Å². The maximum Gasteiger partial charge on any atom is 0.426 e. The number of carboxylic acids is 1. The van der Waals surface area contributed by atoms with Gasteiger partial charge in [-0.25, -0.2) is 0 Å². The molecular weight excluding hydrogens is 396 g/mol. The van der Waals surface area contributed by atoms with Crippen LogP contribution < -0.4 is 9.47 Å². The van der Waals surface area contributed by atoms with E-state index in [1.807, 2.05) is 0 Å². The van der Waals surface area contributed by atoms with Gasteiger partial charge in [-0.1, -0.05) is 35.3 Å². The van der Waals surface area contributed by atoms with Crippen LogP contribution in [0.3, 0.4) is 0 Å². The molecule has 2 atom stereocenters. The SMILES string of the molecule is O=C(O)[C@@H]1Cc2cc(Cl)c(Oc3ccccc3Cl)cc2O[C@@H]1C(F)(F)F. The first kappa shape index (κ1) is 18.7. The number of hydrogen-bond acceptors (Lipinski definition) is 3. The van der Waals surface area contributed by atoms with Crippen molar-refractivity contribution in [2.24, 2.45) is 5.92 Å². The zero-order valence-electron chi connectivity index (χ0n) is 12.9. The Morgan fingerprint density at radius 3 is 2.46 bits per heavy atom. The molecule has 1 N–H and O–H groups in total. The zero-order valence-corrected chi connectivity index (χ0v) is 14.4. The van der Waals surface area contributed by atoms with E-state index in [-0.39, 0.29) is 34.3 Å². The molecule has 0 aromatic heterocycles. The van der Waals surface area contributed by atoms with E-state index in [9.17, 15) is 18.0 Å². The maximum absolute atomic E-state index is 13.2. The summed E-state index contributed by atoms with van der Waals surface area (Å²) < 4.78 is 50.0. The largest absolute Gasteiger partial charge is 0.481 e. The standard InChI is InChI=1S/C17H11Cl2F3O4/c18-10-3-1-2-4-12(10)25-14-7-13-8(6-11(14)19)5-9(16(23)24)15(26-13)17(20,21)22/h1-4,6-7,9,15H,5H2,(H,23,24)/t9-,15+/m1/s1. The summed E-state index contributed by atoms with van der Waals surface area (Å²) in [5.74, 6) is -3.16. The lowest BCUT2D eigenvalue weighted by Gasteiger charge is -2.32. The molecule has 9 heteroatoms. The van der Waals surface area contributed by atoms with Crippen LogP contribution in [-0.4, -0.2) is 23.4 Å². The van der Waals surface area contributed by atoms with Gasteiger partial charge < -0.3 is 14.6 Å². The molecule has 0 spiro atoms. The van der Waals surface area contributed by atoms with E-state index in [0.29, 0.717) is 5.02 Å². The van der Waals surface area contributed by atoms with Crippen molar-refractivity contribution in [3.05, 3.63) is 52.0 Å². The van der Waals surface area contributed by atoms with Gasteiger partial charge in [0.15, 0.2) is 0 Å². The molecule has 0 saturated heterocycles.